The van der Waals surface area contributed by atoms with Crippen LogP contribution < -0.4 is 26.2 Å². The lowest BCUT2D eigenvalue weighted by molar-refractivity contribution is -0.437. The minimum absolute atomic E-state index is 0.00855. The number of carbonyl (C=O) groups excluding carboxylic acids is 4. The van der Waals surface area contributed by atoms with Crippen molar-refractivity contribution in [1.82, 2.24) is 31.2 Å². The number of aliphatic carboxylic acids is 1. The van der Waals surface area contributed by atoms with E-state index in [1.807, 2.05) is 38.1 Å². The van der Waals surface area contributed by atoms with E-state index in [-0.39, 0.29) is 78.0 Å². The summed E-state index contributed by atoms with van der Waals surface area (Å²) < 4.78 is 149. The Kier molecular flexibility index (Phi) is 25.9. The molecule has 2 aliphatic rings. The third-order valence-electron chi connectivity index (χ3n) is 16.2. The van der Waals surface area contributed by atoms with E-state index < -0.39 is 117 Å². The summed E-state index contributed by atoms with van der Waals surface area (Å²) in [6.45, 7) is 4.76. The first-order valence-electron chi connectivity index (χ1n) is 30.4. The number of pyridine rings is 2. The molecule has 8 rings (SSSR count). The summed E-state index contributed by atoms with van der Waals surface area (Å²) in [4.78, 5) is 76.0. The minimum Gasteiger partial charge on any atom is -0.748 e. The highest BCUT2D eigenvalue weighted by molar-refractivity contribution is 7.94. The van der Waals surface area contributed by atoms with Gasteiger partial charge in [0.1, 0.15) is 34.7 Å². The third-order valence-corrected chi connectivity index (χ3v) is 20.4. The molecule has 1 unspecified atom stereocenters. The van der Waals surface area contributed by atoms with Crippen LogP contribution in [0.1, 0.15) is 106 Å². The molecule has 1 atom stereocenters. The first-order chi connectivity index (χ1) is 47.1. The smallest absolute Gasteiger partial charge is 0.303 e. The van der Waals surface area contributed by atoms with Crippen molar-refractivity contribution in [2.45, 2.75) is 63.7 Å². The number of rotatable bonds is 36. The Balaban J connectivity index is 1.22. The van der Waals surface area contributed by atoms with Crippen LogP contribution in [0.2, 0.25) is 0 Å². The van der Waals surface area contributed by atoms with Gasteiger partial charge in [-0.25, -0.2) is 28.9 Å². The molecule has 2 aromatic heterocycles. The number of allylic oxidation sites excluding steroid dienone is 4. The zero-order valence-corrected chi connectivity index (χ0v) is 58.5. The SMILES string of the molecule is CC1(CS(=O)(=O)O)C(/C=C/C=C2/N(CCCCCC(=O)O)c3ccc4cc(-c5cc(C(=O)NCCS(=O)(=O)O)nc(C(=O)NCCS(=O)(=O)O)c5)ccc4c3C2(C)C)=[N+](CCCS(=O)(=O)[O-])c2ccc3cc(-c4cc(C(=O)NCCSOOO)nc(C(=O)NCCSOOO)c4)ccc3c21. The summed E-state index contributed by atoms with van der Waals surface area (Å²) in [6, 6.07) is 23.1. The van der Waals surface area contributed by atoms with Crippen molar-refractivity contribution < 1.29 is 115 Å². The van der Waals surface area contributed by atoms with Gasteiger partial charge in [0.2, 0.25) is 5.69 Å². The van der Waals surface area contributed by atoms with Crippen molar-refractivity contribution in [3.8, 4) is 22.3 Å². The predicted molar refractivity (Wildman–Crippen MR) is 367 cm³/mol. The maximum Gasteiger partial charge on any atom is 0.303 e. The number of benzene rings is 4. The minimum atomic E-state index is -4.88. The second-order valence-electron chi connectivity index (χ2n) is 23.7. The number of carbonyl (C=O) groups is 5. The molecule has 0 fully saturated rings. The summed E-state index contributed by atoms with van der Waals surface area (Å²) in [5.41, 5.74) is 1.32. The number of nitrogens with one attached hydrogen (secondary N) is 4. The average molecular weight is 1500 g/mol. The van der Waals surface area contributed by atoms with Crippen molar-refractivity contribution >= 4 is 133 Å². The van der Waals surface area contributed by atoms with E-state index in [4.69, 9.17) is 10.5 Å². The number of nitrogens with zero attached hydrogens (tertiary/aromatic N) is 4. The molecule has 4 aromatic carbocycles. The van der Waals surface area contributed by atoms with Gasteiger partial charge in [0.25, 0.3) is 54.0 Å². The molecule has 0 spiro atoms. The zero-order chi connectivity index (χ0) is 73.0. The standard InChI is InChI=1S/C62H70N8O24S6/c1-61(2)52(69(24-6-4-5-11-54(71)72)50-18-14-40-31-38(12-16-44(40)55(50)61)43-35-48(59(75)65-22-29-98(82,83)84)68-49(36-43)60(76)66-23-30-99(85,86)87)9-7-10-53-62(3,37-100(88,89)90)56-45-17-13-39(32-41(45)15-19-51(56)70(53)25-8-28-97(79,80)81)42-33-46(57(73)63-20-26-95-93-91-77)67-47(34-42)58(74)64-21-27-96-94-92-78/h7,9-10,12-19,31-36H,4-6,8,11,20-30,37H2,1-3H3,(H10-,63,64,65,66,71,72,73,74,75,76,77,78,79,80,81,82,83,84,85,86,87,88,89,90). The molecule has 0 aliphatic carbocycles. The summed E-state index contributed by atoms with van der Waals surface area (Å²) in [5.74, 6) is -7.30. The predicted octanol–water partition coefficient (Wildman–Crippen LogP) is 6.01. The van der Waals surface area contributed by atoms with E-state index in [1.165, 1.54) is 24.3 Å². The van der Waals surface area contributed by atoms with Crippen molar-refractivity contribution in [3.63, 3.8) is 0 Å². The maximum atomic E-state index is 13.5. The molecule has 6 aromatic rings. The molecule has 2 aliphatic heterocycles. The number of amides is 4. The molecule has 538 valence electrons. The van der Waals surface area contributed by atoms with Gasteiger partial charge in [-0.3, -0.25) is 37.6 Å². The first-order valence-corrected chi connectivity index (χ1v) is 38.7. The summed E-state index contributed by atoms with van der Waals surface area (Å²) in [5, 5.41) is 45.9. The molecule has 0 radical (unpaired) electrons. The third kappa shape index (κ3) is 20.4. The average Bonchev–Trinajstić information content (AvgIpc) is 1.58. The Morgan fingerprint density at radius 2 is 1.07 bits per heavy atom. The highest BCUT2D eigenvalue weighted by Crippen LogP contribution is 2.52. The van der Waals surface area contributed by atoms with Crippen molar-refractivity contribution in [3.05, 3.63) is 143 Å². The molecule has 10 N–H and O–H groups in total. The Labute approximate surface area is 582 Å². The van der Waals surface area contributed by atoms with E-state index in [9.17, 15) is 81.0 Å². The van der Waals surface area contributed by atoms with Gasteiger partial charge in [0.05, 0.1) is 27.4 Å². The second-order valence-corrected chi connectivity index (χ2v) is 31.4. The zero-order valence-electron chi connectivity index (χ0n) is 53.6. The molecule has 0 bridgehead atoms. The van der Waals surface area contributed by atoms with Gasteiger partial charge >= 0.3 is 5.97 Å². The van der Waals surface area contributed by atoms with Gasteiger partial charge in [-0.05, 0) is 124 Å². The summed E-state index contributed by atoms with van der Waals surface area (Å²) >= 11 is 1.38. The monoisotopic (exact) mass is 1500 g/mol. The second kappa shape index (κ2) is 33.3. The molecule has 4 heterocycles. The molecule has 38 heteroatoms. The molecular weight excluding hydrogens is 1430 g/mol. The maximum absolute atomic E-state index is 13.5. The fraction of sp³-hybridized carbons (Fsp3) is 0.355. The number of anilines is 1. The van der Waals surface area contributed by atoms with Crippen LogP contribution >= 0.6 is 24.1 Å². The van der Waals surface area contributed by atoms with Gasteiger partial charge in [-0.2, -0.15) is 29.8 Å². The van der Waals surface area contributed by atoms with Crippen LogP contribution in [-0.2, 0) is 74.8 Å². The number of unbranched alkanes of at least 4 members (excludes halogenated alkanes) is 2. The Morgan fingerprint density at radius 1 is 0.590 bits per heavy atom. The van der Waals surface area contributed by atoms with E-state index >= 15 is 0 Å². The Morgan fingerprint density at radius 3 is 1.53 bits per heavy atom. The lowest BCUT2D eigenvalue weighted by Gasteiger charge is -2.27. The Hall–Kier alpha value is -7.90. The number of carboxylic acids is 1. The van der Waals surface area contributed by atoms with Crippen LogP contribution in [0.5, 0.6) is 0 Å². The lowest BCUT2D eigenvalue weighted by Crippen LogP contribution is -2.38. The molecule has 0 saturated carbocycles. The van der Waals surface area contributed by atoms with E-state index in [0.717, 1.165) is 16.6 Å². The molecule has 32 nitrogen and oxygen atoms in total. The van der Waals surface area contributed by atoms with Gasteiger partial charge in [-0.15, -0.1) is 8.67 Å². The van der Waals surface area contributed by atoms with Crippen LogP contribution in [-0.4, -0.2) is 191 Å². The van der Waals surface area contributed by atoms with Crippen LogP contribution in [0.15, 0.2) is 109 Å². The Bertz CT molecular complexity index is 4610. The number of fused-ring (bicyclic) bond motifs is 6. The molecule has 4 amide bonds. The number of hydrogen-bond donors (Lipinski definition) is 10. The first kappa shape index (κ1) is 77.8. The van der Waals surface area contributed by atoms with E-state index in [1.54, 1.807) is 66.1 Å². The fourth-order valence-corrected chi connectivity index (χ4v) is 14.9. The van der Waals surface area contributed by atoms with Crippen LogP contribution in [0.25, 0.3) is 43.8 Å². The fourth-order valence-electron chi connectivity index (χ4n) is 12.1. The largest absolute Gasteiger partial charge is 0.748 e. The topological polar surface area (TPSA) is 483 Å². The lowest BCUT2D eigenvalue weighted by atomic mass is 9.78. The molecule has 100 heavy (non-hydrogen) atoms. The normalized spacial score (nSPS) is 15.8. The van der Waals surface area contributed by atoms with Crippen LogP contribution in [0.3, 0.4) is 0 Å². The van der Waals surface area contributed by atoms with Crippen LogP contribution in [0.4, 0.5) is 11.4 Å². The number of hydrogen-bond acceptors (Lipinski definition) is 25. The summed E-state index contributed by atoms with van der Waals surface area (Å²) in [6.07, 6.45) is 6.31. The quantitative estimate of drug-likeness (QED) is 0.00537. The highest BCUT2D eigenvalue weighted by atomic mass is 32.2. The van der Waals surface area contributed by atoms with Crippen LogP contribution in [0, 0.1) is 0 Å². The van der Waals surface area contributed by atoms with Gasteiger partial charge in [0, 0.05) is 121 Å². The van der Waals surface area contributed by atoms with Gasteiger partial charge in [-0.1, -0.05) is 66.8 Å². The number of carboxylic acid groups (broad SMARTS) is 1. The molecular formula is C62H70N8O24S6. The van der Waals surface area contributed by atoms with Crippen molar-refractivity contribution in [2.24, 2.45) is 0 Å². The van der Waals surface area contributed by atoms with Gasteiger partial charge < -0.3 is 35.8 Å². The highest BCUT2D eigenvalue weighted by Gasteiger charge is 2.51. The summed E-state index contributed by atoms with van der Waals surface area (Å²) in [7, 11) is -18.6. The molecule has 0 saturated heterocycles. The van der Waals surface area contributed by atoms with Crippen molar-refractivity contribution in [1.29, 1.82) is 0 Å². The number of aromatic nitrogens is 2. The van der Waals surface area contributed by atoms with Crippen molar-refractivity contribution in [2.75, 3.05) is 78.7 Å². The van der Waals surface area contributed by atoms with E-state index in [2.05, 4.69) is 54.9 Å². The van der Waals surface area contributed by atoms with E-state index in [0.29, 0.717) is 99.7 Å². The van der Waals surface area contributed by atoms with Gasteiger partial charge in [0.15, 0.2) is 5.71 Å².